The first-order chi connectivity index (χ1) is 8.76. The fraction of sp³-hybridized carbons (Fsp3) is 0.375. The van der Waals surface area contributed by atoms with E-state index in [-0.39, 0.29) is 0 Å². The Balaban J connectivity index is 2.42. The summed E-state index contributed by atoms with van der Waals surface area (Å²) in [5.41, 5.74) is 3.46. The minimum absolute atomic E-state index is 0.396. The van der Waals surface area contributed by atoms with Crippen molar-refractivity contribution >= 4 is 10.9 Å². The summed E-state index contributed by atoms with van der Waals surface area (Å²) in [5, 5.41) is 9.93. The Morgan fingerprint density at radius 3 is 2.83 bits per heavy atom. The number of hydrogen-bond acceptors (Lipinski definition) is 2. The fourth-order valence-corrected chi connectivity index (χ4v) is 2.38. The van der Waals surface area contributed by atoms with E-state index in [2.05, 4.69) is 38.1 Å². The molecular formula is C16H18N2. The molecule has 2 nitrogen and oxygen atoms in total. The second kappa shape index (κ2) is 5.64. The molecule has 1 atom stereocenters. The number of benzene rings is 1. The summed E-state index contributed by atoms with van der Waals surface area (Å²) in [6.45, 7) is 4.29. The van der Waals surface area contributed by atoms with Gasteiger partial charge in [0.15, 0.2) is 0 Å². The highest BCUT2D eigenvalue weighted by Crippen LogP contribution is 2.27. The van der Waals surface area contributed by atoms with Crippen molar-refractivity contribution < 1.29 is 0 Å². The van der Waals surface area contributed by atoms with E-state index in [1.807, 2.05) is 12.1 Å². The van der Waals surface area contributed by atoms with Crippen LogP contribution in [0.3, 0.4) is 0 Å². The predicted octanol–water partition coefficient (Wildman–Crippen LogP) is 4.34. The molecule has 2 rings (SSSR count). The fourth-order valence-electron chi connectivity index (χ4n) is 2.38. The number of hydrogen-bond donors (Lipinski definition) is 0. The van der Waals surface area contributed by atoms with Gasteiger partial charge in [0, 0.05) is 23.4 Å². The maximum Gasteiger partial charge on any atom is 0.0708 e. The van der Waals surface area contributed by atoms with Crippen LogP contribution in [-0.2, 0) is 0 Å². The zero-order valence-electron chi connectivity index (χ0n) is 11.0. The Hall–Kier alpha value is -1.88. The van der Waals surface area contributed by atoms with Crippen LogP contribution in [0.1, 0.15) is 43.4 Å². The van der Waals surface area contributed by atoms with Gasteiger partial charge >= 0.3 is 0 Å². The molecule has 0 saturated carbocycles. The van der Waals surface area contributed by atoms with Crippen LogP contribution in [0.5, 0.6) is 0 Å². The van der Waals surface area contributed by atoms with E-state index in [0.29, 0.717) is 12.3 Å². The van der Waals surface area contributed by atoms with Gasteiger partial charge in [0.05, 0.1) is 11.6 Å². The third-order valence-corrected chi connectivity index (χ3v) is 3.46. The molecule has 1 aromatic carbocycles. The first kappa shape index (κ1) is 12.6. The van der Waals surface area contributed by atoms with Crippen molar-refractivity contribution in [3.63, 3.8) is 0 Å². The summed E-state index contributed by atoms with van der Waals surface area (Å²) in [6.07, 6.45) is 2.54. The number of aromatic nitrogens is 1. The average molecular weight is 238 g/mol. The minimum atomic E-state index is 0.396. The molecule has 0 aliphatic rings. The molecular weight excluding hydrogens is 220 g/mol. The summed E-state index contributed by atoms with van der Waals surface area (Å²) in [7, 11) is 0. The zero-order valence-corrected chi connectivity index (χ0v) is 11.0. The van der Waals surface area contributed by atoms with Crippen LogP contribution in [0.4, 0.5) is 0 Å². The van der Waals surface area contributed by atoms with Crippen molar-refractivity contribution in [3.05, 3.63) is 41.6 Å². The van der Waals surface area contributed by atoms with Gasteiger partial charge in [0.2, 0.25) is 0 Å². The van der Waals surface area contributed by atoms with Gasteiger partial charge in [0.25, 0.3) is 0 Å². The number of nitriles is 1. The van der Waals surface area contributed by atoms with Crippen molar-refractivity contribution in [2.24, 2.45) is 0 Å². The standard InChI is InChI=1S/C16H18N2/c1-3-13(7-6-10-17)16-11-12(2)14-8-4-5-9-15(14)18-16/h4-5,8-9,11,13H,3,6-7H2,1-2H3. The van der Waals surface area contributed by atoms with E-state index < -0.39 is 0 Å². The molecule has 1 aromatic heterocycles. The van der Waals surface area contributed by atoms with Crippen LogP contribution >= 0.6 is 0 Å². The number of rotatable bonds is 4. The van der Waals surface area contributed by atoms with Crippen LogP contribution in [0.25, 0.3) is 10.9 Å². The van der Waals surface area contributed by atoms with Crippen LogP contribution in [0, 0.1) is 18.3 Å². The minimum Gasteiger partial charge on any atom is -0.253 e. The SMILES string of the molecule is CCC(CCC#N)c1cc(C)c2ccccc2n1. The number of pyridine rings is 1. The van der Waals surface area contributed by atoms with E-state index in [4.69, 9.17) is 10.2 Å². The zero-order chi connectivity index (χ0) is 13.0. The molecule has 18 heavy (non-hydrogen) atoms. The van der Waals surface area contributed by atoms with Crippen molar-refractivity contribution in [3.8, 4) is 6.07 Å². The lowest BCUT2D eigenvalue weighted by Crippen LogP contribution is -2.01. The molecule has 0 fully saturated rings. The Morgan fingerprint density at radius 1 is 1.33 bits per heavy atom. The van der Waals surface area contributed by atoms with E-state index >= 15 is 0 Å². The summed E-state index contributed by atoms with van der Waals surface area (Å²) in [6, 6.07) is 12.6. The highest BCUT2D eigenvalue weighted by Gasteiger charge is 2.12. The Morgan fingerprint density at radius 2 is 2.11 bits per heavy atom. The lowest BCUT2D eigenvalue weighted by Gasteiger charge is -2.14. The average Bonchev–Trinajstić information content (AvgIpc) is 2.40. The monoisotopic (exact) mass is 238 g/mol. The first-order valence-electron chi connectivity index (χ1n) is 6.49. The summed E-state index contributed by atoms with van der Waals surface area (Å²) >= 11 is 0. The number of aryl methyl sites for hydroxylation is 1. The molecule has 0 N–H and O–H groups in total. The lowest BCUT2D eigenvalue weighted by molar-refractivity contribution is 0.601. The Bertz CT molecular complexity index is 581. The van der Waals surface area contributed by atoms with Crippen molar-refractivity contribution in [1.29, 1.82) is 5.26 Å². The van der Waals surface area contributed by atoms with Gasteiger partial charge in [-0.25, -0.2) is 0 Å². The molecule has 0 radical (unpaired) electrons. The number of nitrogens with zero attached hydrogens (tertiary/aromatic N) is 2. The Labute approximate surface area is 108 Å². The maximum absolute atomic E-state index is 8.71. The third kappa shape index (κ3) is 2.51. The van der Waals surface area contributed by atoms with Crippen LogP contribution < -0.4 is 0 Å². The normalized spacial score (nSPS) is 12.3. The molecule has 0 saturated heterocycles. The lowest BCUT2D eigenvalue weighted by atomic mass is 9.94. The molecule has 1 unspecified atom stereocenters. The molecule has 0 spiro atoms. The van der Waals surface area contributed by atoms with Crippen molar-refractivity contribution in [2.75, 3.05) is 0 Å². The van der Waals surface area contributed by atoms with Crippen LogP contribution in [0.15, 0.2) is 30.3 Å². The van der Waals surface area contributed by atoms with Gasteiger partial charge in [-0.1, -0.05) is 25.1 Å². The number of para-hydroxylation sites is 1. The smallest absolute Gasteiger partial charge is 0.0708 e. The van der Waals surface area contributed by atoms with E-state index in [1.165, 1.54) is 10.9 Å². The topological polar surface area (TPSA) is 36.7 Å². The van der Waals surface area contributed by atoms with Gasteiger partial charge in [-0.05, 0) is 37.5 Å². The third-order valence-electron chi connectivity index (χ3n) is 3.46. The van der Waals surface area contributed by atoms with Gasteiger partial charge in [-0.15, -0.1) is 0 Å². The Kier molecular flexibility index (Phi) is 3.94. The van der Waals surface area contributed by atoms with Gasteiger partial charge in [-0.3, -0.25) is 4.98 Å². The molecule has 0 aliphatic heterocycles. The second-order valence-electron chi connectivity index (χ2n) is 4.68. The highest BCUT2D eigenvalue weighted by atomic mass is 14.7. The van der Waals surface area contributed by atoms with Crippen LogP contribution in [0.2, 0.25) is 0 Å². The largest absolute Gasteiger partial charge is 0.253 e. The molecule has 92 valence electrons. The first-order valence-corrected chi connectivity index (χ1v) is 6.49. The van der Waals surface area contributed by atoms with Crippen LogP contribution in [-0.4, -0.2) is 4.98 Å². The summed E-state index contributed by atoms with van der Waals surface area (Å²) in [4.78, 5) is 4.75. The van der Waals surface area contributed by atoms with E-state index in [9.17, 15) is 0 Å². The van der Waals surface area contributed by atoms with Crippen molar-refractivity contribution in [1.82, 2.24) is 4.98 Å². The van der Waals surface area contributed by atoms with Gasteiger partial charge < -0.3 is 0 Å². The van der Waals surface area contributed by atoms with E-state index in [0.717, 1.165) is 24.1 Å². The molecule has 0 aliphatic carbocycles. The summed E-state index contributed by atoms with van der Waals surface area (Å²) in [5.74, 6) is 0.396. The van der Waals surface area contributed by atoms with E-state index in [1.54, 1.807) is 0 Å². The van der Waals surface area contributed by atoms with Gasteiger partial charge in [0.1, 0.15) is 0 Å². The quantitative estimate of drug-likeness (QED) is 0.794. The maximum atomic E-state index is 8.71. The highest BCUT2D eigenvalue weighted by molar-refractivity contribution is 5.82. The molecule has 1 heterocycles. The summed E-state index contributed by atoms with van der Waals surface area (Å²) < 4.78 is 0. The predicted molar refractivity (Wildman–Crippen MR) is 74.4 cm³/mol. The molecule has 0 bridgehead atoms. The number of fused-ring (bicyclic) bond motifs is 1. The van der Waals surface area contributed by atoms with Crippen molar-refractivity contribution in [2.45, 2.75) is 39.0 Å². The van der Waals surface area contributed by atoms with Gasteiger partial charge in [-0.2, -0.15) is 5.26 Å². The molecule has 2 heteroatoms. The second-order valence-corrected chi connectivity index (χ2v) is 4.68. The molecule has 0 amide bonds. The molecule has 2 aromatic rings.